The van der Waals surface area contributed by atoms with Crippen LogP contribution < -0.4 is 0 Å². The molecule has 0 aliphatic carbocycles. The van der Waals surface area contributed by atoms with E-state index >= 15 is 0 Å². The van der Waals surface area contributed by atoms with Crippen LogP contribution in [0, 0.1) is 12.7 Å². The molecular weight excluding hydrogens is 359 g/mol. The van der Waals surface area contributed by atoms with Gasteiger partial charge in [0.25, 0.3) is 0 Å². The number of pyridine rings is 1. The molecule has 134 valence electrons. The highest BCUT2D eigenvalue weighted by atomic mass is 32.2. The summed E-state index contributed by atoms with van der Waals surface area (Å²) in [6, 6.07) is 20.3. The molecule has 27 heavy (non-hydrogen) atoms. The maximum atomic E-state index is 13.3. The Kier molecular flexibility index (Phi) is 4.98. The van der Waals surface area contributed by atoms with Crippen molar-refractivity contribution in [3.63, 3.8) is 0 Å². The fourth-order valence-electron chi connectivity index (χ4n) is 2.70. The number of hydrogen-bond acceptors (Lipinski definition) is 4. The van der Waals surface area contributed by atoms with Crippen molar-refractivity contribution in [2.75, 3.05) is 0 Å². The van der Waals surface area contributed by atoms with Crippen LogP contribution in [0.25, 0.3) is 17.1 Å². The molecule has 0 bridgehead atoms. The number of thioether (sulfide) groups is 1. The number of aryl methyl sites for hydroxylation is 1. The molecule has 0 unspecified atom stereocenters. The molecule has 4 rings (SSSR count). The van der Waals surface area contributed by atoms with Crippen molar-refractivity contribution in [1.29, 1.82) is 0 Å². The van der Waals surface area contributed by atoms with Gasteiger partial charge >= 0.3 is 0 Å². The molecule has 0 N–H and O–H groups in total. The number of aromatic nitrogens is 4. The van der Waals surface area contributed by atoms with Gasteiger partial charge in [-0.1, -0.05) is 35.5 Å². The first-order valence-electron chi connectivity index (χ1n) is 8.52. The highest BCUT2D eigenvalue weighted by molar-refractivity contribution is 7.98. The minimum Gasteiger partial charge on any atom is -0.270 e. The molecule has 0 saturated heterocycles. The number of nitrogens with zero attached hydrogens (tertiary/aromatic N) is 4. The van der Waals surface area contributed by atoms with Crippen molar-refractivity contribution in [1.82, 2.24) is 19.7 Å². The third-order valence-corrected chi connectivity index (χ3v) is 5.07. The van der Waals surface area contributed by atoms with Crippen molar-refractivity contribution in [3.05, 3.63) is 90.0 Å². The minimum atomic E-state index is -0.273. The zero-order chi connectivity index (χ0) is 18.6. The standard InChI is InChI=1S/C21H17FN4S/c1-15-5-11-19(12-6-15)26-20(16-7-9-17(22)10-8-16)24-25-21(26)27-14-18-4-2-3-13-23-18/h2-13H,14H2,1H3. The van der Waals surface area contributed by atoms with Gasteiger partial charge in [0.15, 0.2) is 11.0 Å². The lowest BCUT2D eigenvalue weighted by Gasteiger charge is -2.11. The van der Waals surface area contributed by atoms with Crippen molar-refractivity contribution in [2.45, 2.75) is 17.8 Å². The summed E-state index contributed by atoms with van der Waals surface area (Å²) < 4.78 is 15.3. The SMILES string of the molecule is Cc1ccc(-n2c(SCc3ccccn3)nnc2-c2ccc(F)cc2)cc1. The molecule has 2 heterocycles. The molecule has 0 spiro atoms. The van der Waals surface area contributed by atoms with E-state index in [0.717, 1.165) is 22.1 Å². The van der Waals surface area contributed by atoms with E-state index in [-0.39, 0.29) is 5.82 Å². The van der Waals surface area contributed by atoms with Gasteiger partial charge in [0, 0.05) is 23.2 Å². The van der Waals surface area contributed by atoms with E-state index < -0.39 is 0 Å². The average Bonchev–Trinajstić information content (AvgIpc) is 3.12. The maximum Gasteiger partial charge on any atom is 0.196 e. The van der Waals surface area contributed by atoms with Crippen LogP contribution in [0.4, 0.5) is 4.39 Å². The molecule has 2 aromatic heterocycles. The largest absolute Gasteiger partial charge is 0.270 e. The molecule has 4 aromatic rings. The van der Waals surface area contributed by atoms with Crippen LogP contribution in [-0.2, 0) is 5.75 Å². The van der Waals surface area contributed by atoms with E-state index in [4.69, 9.17) is 0 Å². The van der Waals surface area contributed by atoms with Gasteiger partial charge in [-0.15, -0.1) is 10.2 Å². The summed E-state index contributed by atoms with van der Waals surface area (Å²) in [7, 11) is 0. The fourth-order valence-corrected chi connectivity index (χ4v) is 3.57. The van der Waals surface area contributed by atoms with Gasteiger partial charge < -0.3 is 0 Å². The summed E-state index contributed by atoms with van der Waals surface area (Å²) in [5.74, 6) is 1.10. The summed E-state index contributed by atoms with van der Waals surface area (Å²) in [6.07, 6.45) is 1.78. The zero-order valence-corrected chi connectivity index (χ0v) is 15.5. The Bertz CT molecular complexity index is 1030. The molecule has 0 atom stereocenters. The number of benzene rings is 2. The Morgan fingerprint density at radius 1 is 0.926 bits per heavy atom. The number of halogens is 1. The van der Waals surface area contributed by atoms with Gasteiger partial charge in [0.1, 0.15) is 5.82 Å². The summed E-state index contributed by atoms with van der Waals surface area (Å²) >= 11 is 1.57. The van der Waals surface area contributed by atoms with E-state index in [1.54, 1.807) is 30.1 Å². The lowest BCUT2D eigenvalue weighted by molar-refractivity contribution is 0.628. The summed E-state index contributed by atoms with van der Waals surface area (Å²) in [5.41, 5.74) is 3.93. The lowest BCUT2D eigenvalue weighted by atomic mass is 10.2. The molecule has 0 saturated carbocycles. The van der Waals surface area contributed by atoms with Crippen LogP contribution >= 0.6 is 11.8 Å². The topological polar surface area (TPSA) is 43.6 Å². The predicted octanol–water partition coefficient (Wildman–Crippen LogP) is 5.07. The first-order chi connectivity index (χ1) is 13.2. The lowest BCUT2D eigenvalue weighted by Crippen LogP contribution is -2.00. The highest BCUT2D eigenvalue weighted by Gasteiger charge is 2.16. The van der Waals surface area contributed by atoms with Gasteiger partial charge in [-0.05, 0) is 55.5 Å². The second-order valence-corrected chi connectivity index (χ2v) is 7.04. The second-order valence-electron chi connectivity index (χ2n) is 6.09. The van der Waals surface area contributed by atoms with Gasteiger partial charge in [0.2, 0.25) is 0 Å². The smallest absolute Gasteiger partial charge is 0.196 e. The van der Waals surface area contributed by atoms with Crippen LogP contribution in [0.3, 0.4) is 0 Å². The quantitative estimate of drug-likeness (QED) is 0.456. The van der Waals surface area contributed by atoms with E-state index in [1.807, 2.05) is 41.8 Å². The molecule has 0 aliphatic rings. The van der Waals surface area contributed by atoms with Crippen molar-refractivity contribution >= 4 is 11.8 Å². The van der Waals surface area contributed by atoms with Gasteiger partial charge in [-0.3, -0.25) is 9.55 Å². The van der Waals surface area contributed by atoms with Crippen molar-refractivity contribution in [3.8, 4) is 17.1 Å². The third-order valence-electron chi connectivity index (χ3n) is 4.10. The van der Waals surface area contributed by atoms with E-state index in [9.17, 15) is 4.39 Å². The molecule has 0 radical (unpaired) electrons. The Hall–Kier alpha value is -2.99. The van der Waals surface area contributed by atoms with Crippen LogP contribution in [0.2, 0.25) is 0 Å². The van der Waals surface area contributed by atoms with Crippen LogP contribution in [0.1, 0.15) is 11.3 Å². The van der Waals surface area contributed by atoms with E-state index in [0.29, 0.717) is 11.6 Å². The Balaban J connectivity index is 1.74. The average molecular weight is 376 g/mol. The Morgan fingerprint density at radius 2 is 1.70 bits per heavy atom. The maximum absolute atomic E-state index is 13.3. The molecule has 6 heteroatoms. The number of hydrogen-bond donors (Lipinski definition) is 0. The summed E-state index contributed by atoms with van der Waals surface area (Å²) in [6.45, 7) is 2.05. The van der Waals surface area contributed by atoms with E-state index in [1.165, 1.54) is 17.7 Å². The third kappa shape index (κ3) is 3.90. The summed E-state index contributed by atoms with van der Waals surface area (Å²) in [5, 5.41) is 9.53. The van der Waals surface area contributed by atoms with Gasteiger partial charge in [0.05, 0.1) is 5.69 Å². The van der Waals surface area contributed by atoms with Crippen molar-refractivity contribution < 1.29 is 4.39 Å². The number of rotatable bonds is 5. The van der Waals surface area contributed by atoms with Crippen LogP contribution in [0.15, 0.2) is 78.1 Å². The molecule has 4 nitrogen and oxygen atoms in total. The first kappa shape index (κ1) is 17.4. The van der Waals surface area contributed by atoms with Crippen molar-refractivity contribution in [2.24, 2.45) is 0 Å². The zero-order valence-electron chi connectivity index (χ0n) is 14.7. The Labute approximate surface area is 161 Å². The predicted molar refractivity (Wildman–Crippen MR) is 105 cm³/mol. The van der Waals surface area contributed by atoms with Gasteiger partial charge in [-0.25, -0.2) is 4.39 Å². The second kappa shape index (κ2) is 7.72. The highest BCUT2D eigenvalue weighted by Crippen LogP contribution is 2.29. The molecule has 0 amide bonds. The molecular formula is C21H17FN4S. The normalized spacial score (nSPS) is 10.9. The molecule has 2 aromatic carbocycles. The minimum absolute atomic E-state index is 0.273. The monoisotopic (exact) mass is 376 g/mol. The van der Waals surface area contributed by atoms with E-state index in [2.05, 4.69) is 27.3 Å². The fraction of sp³-hybridized carbons (Fsp3) is 0.0952. The van der Waals surface area contributed by atoms with Gasteiger partial charge in [-0.2, -0.15) is 0 Å². The summed E-state index contributed by atoms with van der Waals surface area (Å²) in [4.78, 5) is 4.36. The first-order valence-corrected chi connectivity index (χ1v) is 9.50. The molecule has 0 fully saturated rings. The van der Waals surface area contributed by atoms with Crippen LogP contribution in [-0.4, -0.2) is 19.7 Å². The molecule has 0 aliphatic heterocycles. The Morgan fingerprint density at radius 3 is 2.41 bits per heavy atom. The van der Waals surface area contributed by atoms with Crippen LogP contribution in [0.5, 0.6) is 0 Å².